The molecule has 8 nitrogen and oxygen atoms in total. The normalized spacial score (nSPS) is 13.8. The third-order valence-electron chi connectivity index (χ3n) is 3.42. The summed E-state index contributed by atoms with van der Waals surface area (Å²) in [5.74, 6) is 0.907. The maximum Gasteiger partial charge on any atom is 0.369 e. The number of aliphatic hydroxyl groups is 1. The summed E-state index contributed by atoms with van der Waals surface area (Å²) in [6, 6.07) is 7.84. The van der Waals surface area contributed by atoms with Crippen LogP contribution in [0.1, 0.15) is 26.7 Å². The molecule has 0 aromatic heterocycles. The van der Waals surface area contributed by atoms with Crippen molar-refractivity contribution < 1.29 is 38.5 Å². The first-order chi connectivity index (χ1) is 9.99. The van der Waals surface area contributed by atoms with Crippen LogP contribution in [0.3, 0.4) is 0 Å². The lowest BCUT2D eigenvalue weighted by Gasteiger charge is -2.35. The number of rotatable bonds is 5. The van der Waals surface area contributed by atoms with Crippen molar-refractivity contribution in [2.45, 2.75) is 31.8 Å². The fraction of sp³-hybridized carbons (Fsp3) is 0.500. The summed E-state index contributed by atoms with van der Waals surface area (Å²) in [5.41, 5.74) is 0. The zero-order valence-corrected chi connectivity index (χ0v) is 13.9. The Labute approximate surface area is 128 Å². The summed E-state index contributed by atoms with van der Waals surface area (Å²) in [6.07, 6.45) is 0.118. The van der Waals surface area contributed by atoms with Gasteiger partial charge in [-0.3, -0.25) is 9.13 Å². The van der Waals surface area contributed by atoms with Crippen LogP contribution in [0.25, 0.3) is 0 Å². The van der Waals surface area contributed by atoms with Crippen molar-refractivity contribution >= 4 is 15.2 Å². The Morgan fingerprint density at radius 2 is 1.36 bits per heavy atom. The first-order valence-corrected chi connectivity index (χ1v) is 9.82. The highest BCUT2D eigenvalue weighted by Gasteiger charge is 2.62. The van der Waals surface area contributed by atoms with Gasteiger partial charge >= 0.3 is 15.2 Å². The molecule has 0 atom stereocenters. The van der Waals surface area contributed by atoms with Gasteiger partial charge in [-0.15, -0.1) is 0 Å². The number of hydrogen-bond acceptors (Lipinski definition) is 4. The van der Waals surface area contributed by atoms with Crippen LogP contribution >= 0.6 is 15.2 Å². The van der Waals surface area contributed by atoms with Crippen LogP contribution in [0.5, 0.6) is 11.5 Å². The minimum atomic E-state index is -5.31. The van der Waals surface area contributed by atoms with Gasteiger partial charge in [-0.1, -0.05) is 26.0 Å². The van der Waals surface area contributed by atoms with E-state index in [4.69, 9.17) is 24.3 Å². The molecule has 1 aromatic carbocycles. The zero-order chi connectivity index (χ0) is 17.2. The third-order valence-corrected chi connectivity index (χ3v) is 7.43. The molecule has 0 bridgehead atoms. The second kappa shape index (κ2) is 6.81. The first-order valence-electron chi connectivity index (χ1n) is 6.59. The van der Waals surface area contributed by atoms with Gasteiger partial charge in [0.1, 0.15) is 0 Å². The Balaban J connectivity index is 0.000000279. The lowest BCUT2D eigenvalue weighted by molar-refractivity contribution is 0.0743. The Hall–Kier alpha value is -0.720. The summed E-state index contributed by atoms with van der Waals surface area (Å²) >= 11 is 0. The summed E-state index contributed by atoms with van der Waals surface area (Å²) in [5, 5.41) is 6.34. The van der Waals surface area contributed by atoms with E-state index in [-0.39, 0.29) is 12.8 Å². The van der Waals surface area contributed by atoms with Crippen molar-refractivity contribution in [2.24, 2.45) is 5.92 Å². The maximum absolute atomic E-state index is 11.0. The van der Waals surface area contributed by atoms with E-state index in [2.05, 4.69) is 0 Å². The van der Waals surface area contributed by atoms with E-state index >= 15 is 0 Å². The molecule has 0 amide bonds. The van der Waals surface area contributed by atoms with Crippen LogP contribution in [-0.4, -0.2) is 29.8 Å². The number of hydrogen-bond donors (Lipinski definition) is 5. The van der Waals surface area contributed by atoms with Crippen molar-refractivity contribution in [1.82, 2.24) is 0 Å². The molecule has 0 saturated carbocycles. The molecule has 10 heteroatoms. The second-order valence-electron chi connectivity index (χ2n) is 4.84. The molecule has 1 aliphatic rings. The maximum atomic E-state index is 11.0. The summed E-state index contributed by atoms with van der Waals surface area (Å²) in [4.78, 5) is 35.5. The number of fused-ring (bicyclic) bond motifs is 1. The van der Waals surface area contributed by atoms with Crippen LogP contribution in [0.4, 0.5) is 0 Å². The molecule has 126 valence electrons. The fourth-order valence-corrected chi connectivity index (χ4v) is 5.13. The smallest absolute Gasteiger partial charge is 0.369 e. The monoisotopic (exact) mass is 354 g/mol. The van der Waals surface area contributed by atoms with Gasteiger partial charge in [-0.05, 0) is 25.0 Å². The van der Waals surface area contributed by atoms with Crippen molar-refractivity contribution in [3.8, 4) is 11.5 Å². The van der Waals surface area contributed by atoms with Crippen LogP contribution in [-0.2, 0) is 9.13 Å². The van der Waals surface area contributed by atoms with E-state index in [9.17, 15) is 14.2 Å². The van der Waals surface area contributed by atoms with E-state index in [1.54, 1.807) is 0 Å². The van der Waals surface area contributed by atoms with Gasteiger partial charge < -0.3 is 29.4 Å². The third kappa shape index (κ3) is 3.97. The van der Waals surface area contributed by atoms with Crippen molar-refractivity contribution in [3.05, 3.63) is 24.3 Å². The zero-order valence-electron chi connectivity index (χ0n) is 12.2. The minimum Gasteiger partial charge on any atom is -0.450 e. The summed E-state index contributed by atoms with van der Waals surface area (Å²) in [6.45, 7) is 2.98. The fourth-order valence-electron chi connectivity index (χ4n) is 2.09. The SMILES string of the molecule is CCC(CC)C(O)(P(=O)(O)O)P(=O)(O)O.c1ccc2c(c1)O2. The van der Waals surface area contributed by atoms with Crippen molar-refractivity contribution in [3.63, 3.8) is 0 Å². The van der Waals surface area contributed by atoms with Gasteiger partial charge in [0, 0.05) is 5.92 Å². The molecular weight excluding hydrogens is 334 g/mol. The van der Waals surface area contributed by atoms with Crippen molar-refractivity contribution in [1.29, 1.82) is 0 Å². The number of benzene rings is 1. The Morgan fingerprint density at radius 1 is 1.00 bits per heavy atom. The van der Waals surface area contributed by atoms with Gasteiger partial charge in [0.25, 0.3) is 5.08 Å². The molecule has 1 heterocycles. The second-order valence-corrected chi connectivity index (χ2v) is 8.73. The average molecular weight is 354 g/mol. The highest BCUT2D eigenvalue weighted by molar-refractivity contribution is 7.72. The van der Waals surface area contributed by atoms with Gasteiger partial charge in [0.05, 0.1) is 0 Å². The minimum absolute atomic E-state index is 0.0588. The van der Waals surface area contributed by atoms with E-state index in [0.717, 1.165) is 11.5 Å². The highest BCUT2D eigenvalue weighted by Crippen LogP contribution is 2.71. The Bertz CT molecular complexity index is 558. The van der Waals surface area contributed by atoms with E-state index in [1.807, 2.05) is 24.3 Å². The summed E-state index contributed by atoms with van der Waals surface area (Å²) < 4.78 is 27.0. The highest BCUT2D eigenvalue weighted by atomic mass is 31.2. The standard InChI is InChI=1S/C6H16O7P2.C6H4O/c1-3-5(4-2)6(7,14(8,9)10)15(11,12)13;1-2-4-6-5(3-1)7-6/h5,7H,3-4H2,1-2H3,(H2,8,9,10)(H2,11,12,13);1-4H. The van der Waals surface area contributed by atoms with Crippen LogP contribution in [0.2, 0.25) is 0 Å². The van der Waals surface area contributed by atoms with E-state index in [0.29, 0.717) is 0 Å². The van der Waals surface area contributed by atoms with Crippen molar-refractivity contribution in [2.75, 3.05) is 0 Å². The molecule has 0 aliphatic carbocycles. The van der Waals surface area contributed by atoms with Crippen LogP contribution < -0.4 is 4.74 Å². The predicted molar refractivity (Wildman–Crippen MR) is 79.6 cm³/mol. The van der Waals surface area contributed by atoms with E-state index in [1.165, 1.54) is 13.8 Å². The summed E-state index contributed by atoms with van der Waals surface area (Å²) in [7, 11) is -10.6. The van der Waals surface area contributed by atoms with Gasteiger partial charge in [-0.25, -0.2) is 0 Å². The largest absolute Gasteiger partial charge is 0.450 e. The van der Waals surface area contributed by atoms with E-state index < -0.39 is 26.2 Å². The lowest BCUT2D eigenvalue weighted by atomic mass is 10.0. The first kappa shape index (κ1) is 19.3. The van der Waals surface area contributed by atoms with Gasteiger partial charge in [0.2, 0.25) is 0 Å². The number of ether oxygens (including phenoxy) is 1. The molecule has 0 fully saturated rings. The van der Waals surface area contributed by atoms with Gasteiger partial charge in [0.15, 0.2) is 11.5 Å². The average Bonchev–Trinajstić information content (AvgIpc) is 3.17. The van der Waals surface area contributed by atoms with Crippen LogP contribution in [0, 0.1) is 5.92 Å². The topological polar surface area (TPSA) is 148 Å². The molecule has 0 unspecified atom stereocenters. The molecular formula is C12H20O8P2. The van der Waals surface area contributed by atoms with Gasteiger partial charge in [-0.2, -0.15) is 0 Å². The van der Waals surface area contributed by atoms with Crippen LogP contribution in [0.15, 0.2) is 24.3 Å². The molecule has 22 heavy (non-hydrogen) atoms. The molecule has 0 saturated heterocycles. The Morgan fingerprint density at radius 3 is 1.55 bits per heavy atom. The molecule has 2 rings (SSSR count). The molecule has 0 radical (unpaired) electrons. The lowest BCUT2D eigenvalue weighted by Crippen LogP contribution is -2.37. The quantitative estimate of drug-likeness (QED) is 0.405. The number of para-hydroxylation sites is 2. The molecule has 1 aliphatic heterocycles. The Kier molecular flexibility index (Phi) is 5.98. The molecule has 1 aromatic rings. The molecule has 0 spiro atoms. The predicted octanol–water partition coefficient (Wildman–Crippen LogP) is 2.22. The molecule has 5 N–H and O–H groups in total.